The molecule has 4 aromatic carbocycles. The van der Waals surface area contributed by atoms with Crippen molar-refractivity contribution in [3.05, 3.63) is 128 Å². The molecule has 0 saturated heterocycles. The van der Waals surface area contributed by atoms with Gasteiger partial charge in [0.15, 0.2) is 0 Å². The van der Waals surface area contributed by atoms with Crippen molar-refractivity contribution in [1.29, 1.82) is 0 Å². The van der Waals surface area contributed by atoms with Crippen molar-refractivity contribution < 1.29 is 20.6 Å². The molecule has 0 nitrogen and oxygen atoms in total. The summed E-state index contributed by atoms with van der Waals surface area (Å²) in [7, 11) is 0. The van der Waals surface area contributed by atoms with E-state index in [1.807, 2.05) is 0 Å². The van der Waals surface area contributed by atoms with Gasteiger partial charge in [0.2, 0.25) is 0 Å². The van der Waals surface area contributed by atoms with E-state index in [2.05, 4.69) is 167 Å². The van der Waals surface area contributed by atoms with E-state index in [-0.39, 0.29) is 10.8 Å². The summed E-state index contributed by atoms with van der Waals surface area (Å²) in [6.07, 6.45) is 5.34. The van der Waals surface area contributed by atoms with Crippen LogP contribution in [0.25, 0.3) is 34.4 Å². The van der Waals surface area contributed by atoms with Crippen LogP contribution < -0.4 is 0 Å². The van der Waals surface area contributed by atoms with Gasteiger partial charge in [-0.2, -0.15) is 0 Å². The van der Waals surface area contributed by atoms with E-state index in [1.54, 1.807) is 22.3 Å². The van der Waals surface area contributed by atoms with Crippen molar-refractivity contribution in [3.8, 4) is 22.3 Å². The molecule has 2 unspecified atom stereocenters. The van der Waals surface area contributed by atoms with Gasteiger partial charge >= 0.3 is 290 Å². The average molecular weight is 788 g/mol. The molecule has 0 radical (unpaired) electrons. The molecular weight excluding hydrogens is 735 g/mol. The van der Waals surface area contributed by atoms with Crippen molar-refractivity contribution in [1.82, 2.24) is 0 Å². The third-order valence-electron chi connectivity index (χ3n) is 11.0. The summed E-state index contributed by atoms with van der Waals surface area (Å²) in [6, 6.07) is 28.2. The summed E-state index contributed by atoms with van der Waals surface area (Å²) in [4.78, 5) is 0. The second kappa shape index (κ2) is 12.2. The summed E-state index contributed by atoms with van der Waals surface area (Å²) in [6.45, 7) is 29.4. The monoisotopic (exact) mass is 789 g/mol. The predicted octanol–water partition coefficient (Wildman–Crippen LogP) is 12.5. The van der Waals surface area contributed by atoms with E-state index in [0.29, 0.717) is 7.35 Å². The first kappa shape index (κ1) is 33.4. The minimum atomic E-state index is -2.55. The van der Waals surface area contributed by atoms with Gasteiger partial charge in [-0.25, -0.2) is 0 Å². The number of hydrogen-bond donors (Lipinski definition) is 0. The third-order valence-corrected chi connectivity index (χ3v) is 41.4. The molecule has 2 heteroatoms. The average Bonchev–Trinajstić information content (AvgIpc) is 3.56. The molecule has 0 bridgehead atoms. The van der Waals surface area contributed by atoms with Gasteiger partial charge in [0.25, 0.3) is 0 Å². The van der Waals surface area contributed by atoms with Gasteiger partial charge in [0.1, 0.15) is 0 Å². The molecule has 2 atom stereocenters. The van der Waals surface area contributed by atoms with Gasteiger partial charge in [-0.15, -0.1) is 0 Å². The first-order valence-corrected chi connectivity index (χ1v) is 30.6. The minimum absolute atomic E-state index is 0.120. The molecule has 0 N–H and O–H groups in total. The van der Waals surface area contributed by atoms with Gasteiger partial charge in [0.05, 0.1) is 0 Å². The van der Waals surface area contributed by atoms with Crippen LogP contribution in [-0.2, 0) is 20.6 Å². The Morgan fingerprint density at radius 1 is 0.500 bits per heavy atom. The van der Waals surface area contributed by atoms with Crippen LogP contribution in [0.5, 0.6) is 0 Å². The molecule has 4 aromatic rings. The Hall–Kier alpha value is -2.55. The van der Waals surface area contributed by atoms with E-state index < -0.39 is 26.6 Å². The fourth-order valence-corrected chi connectivity index (χ4v) is 41.7. The summed E-state index contributed by atoms with van der Waals surface area (Å²) in [5, 5.41) is 0. The number of hydrogen-bond acceptors (Lipinski definition) is 0. The van der Waals surface area contributed by atoms with Crippen LogP contribution in [0.4, 0.5) is 0 Å². The molecule has 0 aromatic heterocycles. The molecule has 0 amide bonds. The van der Waals surface area contributed by atoms with E-state index >= 15 is 0 Å². The standard InChI is InChI=1S/2C21H23.C2H7Si.Hf/c2*1-14-8-6-10-18(15(14)2)19-11-7-9-16-12-17(13-20(16)19)21(3,4)5;1-3-2;/h2*6-13H,1-5H3;3H,1-2H3;. The summed E-state index contributed by atoms with van der Waals surface area (Å²) in [5.41, 5.74) is 21.2. The Morgan fingerprint density at radius 2 is 0.848 bits per heavy atom. The maximum atomic E-state index is 2.71. The third kappa shape index (κ3) is 5.66. The zero-order valence-electron chi connectivity index (χ0n) is 30.3. The van der Waals surface area contributed by atoms with Crippen molar-refractivity contribution in [3.63, 3.8) is 0 Å². The normalized spacial score (nSPS) is 17.6. The first-order chi connectivity index (χ1) is 21.6. The molecule has 0 heterocycles. The number of benzene rings is 4. The first-order valence-electron chi connectivity index (χ1n) is 17.3. The molecule has 237 valence electrons. The van der Waals surface area contributed by atoms with Crippen LogP contribution in [-0.4, -0.2) is 5.98 Å². The predicted molar refractivity (Wildman–Crippen MR) is 202 cm³/mol. The van der Waals surface area contributed by atoms with Crippen LogP contribution in [0.15, 0.2) is 83.9 Å². The molecule has 2 aliphatic carbocycles. The summed E-state index contributed by atoms with van der Waals surface area (Å²) < 4.78 is 1.23. The SMILES string of the molecule is Cc1cccc(-c2cccc3c2C=C(C(C)(C)C)[CH]3[Hf]([CH]2C(C(C)(C)C)=Cc3c(-c4cccc(C)c4C)cccc32)[SiH](C)C)c1C. The number of aryl methyl sites for hydroxylation is 2. The van der Waals surface area contributed by atoms with Crippen LogP contribution in [0.1, 0.15) is 93.4 Å². The van der Waals surface area contributed by atoms with Crippen LogP contribution in [0.3, 0.4) is 0 Å². The second-order valence-electron chi connectivity index (χ2n) is 16.3. The number of allylic oxidation sites excluding steroid dienone is 2. The molecule has 6 rings (SSSR count). The van der Waals surface area contributed by atoms with Crippen molar-refractivity contribution in [2.75, 3.05) is 0 Å². The van der Waals surface area contributed by atoms with Gasteiger partial charge in [0, 0.05) is 0 Å². The van der Waals surface area contributed by atoms with Crippen LogP contribution in [0.2, 0.25) is 13.1 Å². The van der Waals surface area contributed by atoms with Gasteiger partial charge in [-0.05, 0) is 0 Å². The molecule has 0 aliphatic heterocycles. The van der Waals surface area contributed by atoms with Crippen molar-refractivity contribution in [2.24, 2.45) is 10.8 Å². The quantitative estimate of drug-likeness (QED) is 0.177. The zero-order valence-corrected chi connectivity index (χ0v) is 35.1. The molecule has 0 fully saturated rings. The van der Waals surface area contributed by atoms with Gasteiger partial charge in [-0.3, -0.25) is 0 Å². The molecule has 46 heavy (non-hydrogen) atoms. The summed E-state index contributed by atoms with van der Waals surface area (Å²) in [5.74, 6) is -1.01. The van der Waals surface area contributed by atoms with E-state index in [0.717, 1.165) is 0 Å². The second-order valence-corrected chi connectivity index (χ2v) is 44.3. The number of fused-ring (bicyclic) bond motifs is 2. The Balaban J connectivity index is 1.60. The van der Waals surface area contributed by atoms with E-state index in [1.165, 1.54) is 55.6 Å². The fraction of sp³-hybridized carbons (Fsp3) is 0.364. The topological polar surface area (TPSA) is 0 Å². The van der Waals surface area contributed by atoms with Crippen LogP contribution in [0, 0.1) is 38.5 Å². The van der Waals surface area contributed by atoms with Gasteiger partial charge in [-0.1, -0.05) is 0 Å². The Bertz CT molecular complexity index is 1750. The van der Waals surface area contributed by atoms with E-state index in [9.17, 15) is 0 Å². The Morgan fingerprint density at radius 3 is 1.20 bits per heavy atom. The van der Waals surface area contributed by atoms with Gasteiger partial charge < -0.3 is 0 Å². The Labute approximate surface area is 288 Å². The zero-order chi connectivity index (χ0) is 33.3. The maximum absolute atomic E-state index is 2.71. The van der Waals surface area contributed by atoms with E-state index in [4.69, 9.17) is 0 Å². The van der Waals surface area contributed by atoms with Crippen LogP contribution >= 0.6 is 0 Å². The fourth-order valence-electron chi connectivity index (χ4n) is 8.21. The molecule has 0 spiro atoms. The molecular formula is C44H53HfSi. The van der Waals surface area contributed by atoms with Crippen molar-refractivity contribution in [2.45, 2.75) is 89.7 Å². The number of rotatable bonds is 5. The Kier molecular flexibility index (Phi) is 8.81. The molecule has 2 aliphatic rings. The molecule has 0 saturated carbocycles. The van der Waals surface area contributed by atoms with Crippen molar-refractivity contribution >= 4 is 18.1 Å². The summed E-state index contributed by atoms with van der Waals surface area (Å²) >= 11 is -2.55.